The van der Waals surface area contributed by atoms with Crippen LogP contribution in [0.1, 0.15) is 24.4 Å². The number of para-hydroxylation sites is 3. The van der Waals surface area contributed by atoms with Gasteiger partial charge in [-0.1, -0.05) is 60.1 Å². The summed E-state index contributed by atoms with van der Waals surface area (Å²) in [6, 6.07) is 25.9. The van der Waals surface area contributed by atoms with Crippen LogP contribution in [0.2, 0.25) is 5.02 Å². The van der Waals surface area contributed by atoms with E-state index in [0.29, 0.717) is 6.54 Å². The lowest BCUT2D eigenvalue weighted by Crippen LogP contribution is -2.13. The number of halogens is 1. The van der Waals surface area contributed by atoms with E-state index in [4.69, 9.17) is 21.3 Å². The molecular formula is C22H19ClN2O. The van der Waals surface area contributed by atoms with Gasteiger partial charge in [0.05, 0.1) is 17.6 Å². The Labute approximate surface area is 157 Å². The van der Waals surface area contributed by atoms with Crippen LogP contribution in [-0.2, 0) is 6.54 Å². The van der Waals surface area contributed by atoms with Crippen molar-refractivity contribution in [3.05, 3.63) is 95.3 Å². The fourth-order valence-corrected chi connectivity index (χ4v) is 3.32. The molecule has 1 unspecified atom stereocenters. The first-order chi connectivity index (χ1) is 12.7. The molecule has 0 bridgehead atoms. The number of benzene rings is 3. The van der Waals surface area contributed by atoms with Gasteiger partial charge in [0.1, 0.15) is 5.75 Å². The maximum absolute atomic E-state index is 6.39. The van der Waals surface area contributed by atoms with Crippen LogP contribution < -0.4 is 4.74 Å². The highest BCUT2D eigenvalue weighted by Crippen LogP contribution is 2.27. The van der Waals surface area contributed by atoms with Crippen molar-refractivity contribution in [3.8, 4) is 5.75 Å². The number of hydrogen-bond donors (Lipinski definition) is 0. The van der Waals surface area contributed by atoms with Crippen LogP contribution in [0.15, 0.2) is 78.9 Å². The minimum Gasteiger partial charge on any atom is -0.483 e. The van der Waals surface area contributed by atoms with Crippen molar-refractivity contribution < 1.29 is 4.74 Å². The highest BCUT2D eigenvalue weighted by Gasteiger charge is 2.18. The van der Waals surface area contributed by atoms with Crippen LogP contribution in [0.3, 0.4) is 0 Å². The van der Waals surface area contributed by atoms with Crippen LogP contribution in [0.4, 0.5) is 0 Å². The Hall–Kier alpha value is -2.78. The van der Waals surface area contributed by atoms with Crippen LogP contribution >= 0.6 is 11.6 Å². The topological polar surface area (TPSA) is 27.1 Å². The molecule has 0 radical (unpaired) electrons. The Bertz CT molecular complexity index is 1030. The van der Waals surface area contributed by atoms with Gasteiger partial charge >= 0.3 is 0 Å². The third kappa shape index (κ3) is 3.31. The maximum atomic E-state index is 6.39. The molecule has 0 aliphatic carbocycles. The fraction of sp³-hybridized carbons (Fsp3) is 0.136. The summed E-state index contributed by atoms with van der Waals surface area (Å²) in [5.41, 5.74) is 3.09. The predicted molar refractivity (Wildman–Crippen MR) is 106 cm³/mol. The number of aromatic nitrogens is 2. The summed E-state index contributed by atoms with van der Waals surface area (Å²) in [4.78, 5) is 4.83. The first kappa shape index (κ1) is 16.7. The summed E-state index contributed by atoms with van der Waals surface area (Å²) in [7, 11) is 0. The molecule has 3 aromatic carbocycles. The van der Waals surface area contributed by atoms with E-state index in [-0.39, 0.29) is 6.10 Å². The Morgan fingerprint density at radius 2 is 1.62 bits per heavy atom. The van der Waals surface area contributed by atoms with Gasteiger partial charge < -0.3 is 9.30 Å². The summed E-state index contributed by atoms with van der Waals surface area (Å²) < 4.78 is 8.31. The highest BCUT2D eigenvalue weighted by atomic mass is 35.5. The van der Waals surface area contributed by atoms with Gasteiger partial charge in [-0.05, 0) is 42.8 Å². The minimum absolute atomic E-state index is 0.188. The first-order valence-corrected chi connectivity index (χ1v) is 9.00. The van der Waals surface area contributed by atoms with Crippen molar-refractivity contribution in [2.45, 2.75) is 19.6 Å². The molecule has 0 saturated heterocycles. The van der Waals surface area contributed by atoms with Gasteiger partial charge in [-0.15, -0.1) is 0 Å². The van der Waals surface area contributed by atoms with Gasteiger partial charge in [0.15, 0.2) is 11.9 Å². The van der Waals surface area contributed by atoms with Gasteiger partial charge in [-0.2, -0.15) is 0 Å². The second-order valence-corrected chi connectivity index (χ2v) is 6.62. The number of imidazole rings is 1. The predicted octanol–water partition coefficient (Wildman–Crippen LogP) is 5.88. The lowest BCUT2D eigenvalue weighted by atomic mass is 10.2. The van der Waals surface area contributed by atoms with Crippen molar-refractivity contribution in [1.29, 1.82) is 0 Å². The van der Waals surface area contributed by atoms with E-state index < -0.39 is 0 Å². The monoisotopic (exact) mass is 362 g/mol. The molecule has 1 atom stereocenters. The van der Waals surface area contributed by atoms with Crippen LogP contribution in [-0.4, -0.2) is 9.55 Å². The van der Waals surface area contributed by atoms with E-state index in [1.54, 1.807) is 0 Å². The number of nitrogens with zero attached hydrogens (tertiary/aromatic N) is 2. The van der Waals surface area contributed by atoms with Gasteiger partial charge in [-0.3, -0.25) is 0 Å². The Balaban J connectivity index is 1.75. The number of hydrogen-bond acceptors (Lipinski definition) is 2. The molecule has 0 fully saturated rings. The maximum Gasteiger partial charge on any atom is 0.153 e. The van der Waals surface area contributed by atoms with Crippen molar-refractivity contribution in [2.75, 3.05) is 0 Å². The Morgan fingerprint density at radius 1 is 0.923 bits per heavy atom. The van der Waals surface area contributed by atoms with E-state index in [1.165, 1.54) is 0 Å². The van der Waals surface area contributed by atoms with E-state index in [9.17, 15) is 0 Å². The smallest absolute Gasteiger partial charge is 0.153 e. The number of rotatable bonds is 5. The van der Waals surface area contributed by atoms with Crippen LogP contribution in [0.5, 0.6) is 5.75 Å². The summed E-state index contributed by atoms with van der Waals surface area (Å²) in [6.07, 6.45) is -0.188. The standard InChI is InChI=1S/C22H19ClN2O/c1-16(26-18-10-3-2-4-11-18)22-24-20-13-7-8-14-21(20)25(22)15-17-9-5-6-12-19(17)23/h2-14,16H,15H2,1H3. The highest BCUT2D eigenvalue weighted by molar-refractivity contribution is 6.31. The van der Waals surface area contributed by atoms with E-state index in [1.807, 2.05) is 79.7 Å². The summed E-state index contributed by atoms with van der Waals surface area (Å²) in [5.74, 6) is 1.71. The van der Waals surface area contributed by atoms with Crippen molar-refractivity contribution in [2.24, 2.45) is 0 Å². The molecule has 1 aromatic heterocycles. The molecule has 0 saturated carbocycles. The van der Waals surface area contributed by atoms with Gasteiger partial charge in [0.2, 0.25) is 0 Å². The zero-order valence-corrected chi connectivity index (χ0v) is 15.2. The van der Waals surface area contributed by atoms with Crippen molar-refractivity contribution in [3.63, 3.8) is 0 Å². The van der Waals surface area contributed by atoms with Gasteiger partial charge in [-0.25, -0.2) is 4.98 Å². The average molecular weight is 363 g/mol. The second kappa shape index (κ2) is 7.22. The quantitative estimate of drug-likeness (QED) is 0.443. The zero-order valence-electron chi connectivity index (χ0n) is 14.5. The molecule has 3 nitrogen and oxygen atoms in total. The molecule has 4 aromatic rings. The summed E-state index contributed by atoms with van der Waals surface area (Å²) in [6.45, 7) is 2.68. The summed E-state index contributed by atoms with van der Waals surface area (Å²) >= 11 is 6.39. The number of ether oxygens (including phenoxy) is 1. The van der Waals surface area contributed by atoms with Crippen molar-refractivity contribution >= 4 is 22.6 Å². The molecule has 4 rings (SSSR count). The van der Waals surface area contributed by atoms with Crippen molar-refractivity contribution in [1.82, 2.24) is 9.55 Å². The Morgan fingerprint density at radius 3 is 2.42 bits per heavy atom. The molecule has 4 heteroatoms. The van der Waals surface area contributed by atoms with Crippen LogP contribution in [0, 0.1) is 0 Å². The van der Waals surface area contributed by atoms with E-state index in [0.717, 1.165) is 33.2 Å². The normalized spacial score (nSPS) is 12.2. The first-order valence-electron chi connectivity index (χ1n) is 8.62. The third-order valence-corrected chi connectivity index (χ3v) is 4.76. The fourth-order valence-electron chi connectivity index (χ4n) is 3.12. The second-order valence-electron chi connectivity index (χ2n) is 6.21. The lowest BCUT2D eigenvalue weighted by molar-refractivity contribution is 0.212. The zero-order chi connectivity index (χ0) is 17.9. The molecule has 26 heavy (non-hydrogen) atoms. The van der Waals surface area contributed by atoms with Gasteiger partial charge in [0.25, 0.3) is 0 Å². The molecule has 0 N–H and O–H groups in total. The molecule has 0 aliphatic heterocycles. The molecule has 0 spiro atoms. The lowest BCUT2D eigenvalue weighted by Gasteiger charge is -2.17. The third-order valence-electron chi connectivity index (χ3n) is 4.39. The Kier molecular flexibility index (Phi) is 4.63. The molecule has 1 heterocycles. The van der Waals surface area contributed by atoms with Gasteiger partial charge in [0, 0.05) is 5.02 Å². The molecule has 0 aliphatic rings. The molecule has 130 valence electrons. The van der Waals surface area contributed by atoms with Crippen LogP contribution in [0.25, 0.3) is 11.0 Å². The van der Waals surface area contributed by atoms with E-state index in [2.05, 4.69) is 10.6 Å². The summed E-state index contributed by atoms with van der Waals surface area (Å²) in [5, 5.41) is 0.757. The SMILES string of the molecule is CC(Oc1ccccc1)c1nc2ccccc2n1Cc1ccccc1Cl. The van der Waals surface area contributed by atoms with E-state index >= 15 is 0 Å². The number of fused-ring (bicyclic) bond motifs is 1. The average Bonchev–Trinajstić information content (AvgIpc) is 3.03. The molecule has 0 amide bonds. The molecular weight excluding hydrogens is 344 g/mol. The minimum atomic E-state index is -0.188. The largest absolute Gasteiger partial charge is 0.483 e.